The van der Waals surface area contributed by atoms with Crippen LogP contribution in [0.15, 0.2) is 58.3 Å². The minimum atomic E-state index is -3.56. The number of benzene rings is 2. The number of hydrogen-bond acceptors (Lipinski definition) is 4. The van der Waals surface area contributed by atoms with Crippen LogP contribution >= 0.6 is 11.8 Å². The van der Waals surface area contributed by atoms with Gasteiger partial charge in [0, 0.05) is 23.0 Å². The molecule has 1 aliphatic rings. The summed E-state index contributed by atoms with van der Waals surface area (Å²) < 4.78 is 27.4. The number of hydrogen-bond donors (Lipinski definition) is 2. The van der Waals surface area contributed by atoms with E-state index in [-0.39, 0.29) is 16.8 Å². The van der Waals surface area contributed by atoms with Gasteiger partial charge >= 0.3 is 0 Å². The summed E-state index contributed by atoms with van der Waals surface area (Å²) in [5.41, 5.74) is 1.17. The monoisotopic (exact) mass is 404 g/mol. The zero-order valence-electron chi connectivity index (χ0n) is 15.3. The molecule has 0 aromatic heterocycles. The van der Waals surface area contributed by atoms with Crippen molar-refractivity contribution in [1.82, 2.24) is 10.0 Å². The fourth-order valence-corrected chi connectivity index (χ4v) is 4.78. The van der Waals surface area contributed by atoms with Gasteiger partial charge in [-0.2, -0.15) is 0 Å². The molecule has 5 nitrogen and oxygen atoms in total. The maximum atomic E-state index is 12.5. The molecule has 0 radical (unpaired) electrons. The zero-order valence-corrected chi connectivity index (χ0v) is 16.9. The number of carbonyl (C=O) groups excluding carboxylic acids is 1. The van der Waals surface area contributed by atoms with Gasteiger partial charge in [0.15, 0.2) is 0 Å². The van der Waals surface area contributed by atoms with Crippen LogP contribution in [-0.4, -0.2) is 32.7 Å². The SMILES string of the molecule is Cc1ccc(S(=O)(=O)NC2CC2)cc1C(=O)NCCCSc1ccccc1. The van der Waals surface area contributed by atoms with Gasteiger partial charge in [0.1, 0.15) is 0 Å². The van der Waals surface area contributed by atoms with E-state index in [0.29, 0.717) is 12.1 Å². The Kier molecular flexibility index (Phi) is 6.57. The molecule has 0 aliphatic heterocycles. The van der Waals surface area contributed by atoms with Gasteiger partial charge in [0.25, 0.3) is 5.91 Å². The van der Waals surface area contributed by atoms with E-state index in [1.54, 1.807) is 23.9 Å². The molecular formula is C20H24N2O3S2. The van der Waals surface area contributed by atoms with Crippen molar-refractivity contribution in [2.45, 2.75) is 42.0 Å². The van der Waals surface area contributed by atoms with Crippen molar-refractivity contribution in [3.63, 3.8) is 0 Å². The Balaban J connectivity index is 1.53. The Bertz CT molecular complexity index is 895. The molecule has 0 spiro atoms. The second-order valence-electron chi connectivity index (χ2n) is 6.64. The van der Waals surface area contributed by atoms with Crippen LogP contribution in [0, 0.1) is 6.92 Å². The lowest BCUT2D eigenvalue weighted by Crippen LogP contribution is -2.28. The van der Waals surface area contributed by atoms with Gasteiger partial charge in [-0.15, -0.1) is 11.8 Å². The van der Waals surface area contributed by atoms with E-state index in [1.807, 2.05) is 25.1 Å². The van der Waals surface area contributed by atoms with Gasteiger partial charge < -0.3 is 5.32 Å². The van der Waals surface area contributed by atoms with Gasteiger partial charge in [0.2, 0.25) is 10.0 Å². The number of amides is 1. The number of sulfonamides is 1. The van der Waals surface area contributed by atoms with Crippen LogP contribution in [0.1, 0.15) is 35.2 Å². The number of nitrogens with one attached hydrogen (secondary N) is 2. The molecule has 2 N–H and O–H groups in total. The lowest BCUT2D eigenvalue weighted by molar-refractivity contribution is 0.0953. The maximum Gasteiger partial charge on any atom is 0.251 e. The maximum absolute atomic E-state index is 12.5. The van der Waals surface area contributed by atoms with Crippen molar-refractivity contribution in [3.8, 4) is 0 Å². The summed E-state index contributed by atoms with van der Waals surface area (Å²) in [6.45, 7) is 2.36. The van der Waals surface area contributed by atoms with Crippen LogP contribution in [-0.2, 0) is 10.0 Å². The minimum absolute atomic E-state index is 0.0377. The number of thioether (sulfide) groups is 1. The molecule has 27 heavy (non-hydrogen) atoms. The first-order valence-corrected chi connectivity index (χ1v) is 11.5. The third kappa shape index (κ3) is 5.82. The van der Waals surface area contributed by atoms with E-state index >= 15 is 0 Å². The molecule has 1 saturated carbocycles. The first-order chi connectivity index (χ1) is 13.0. The molecular weight excluding hydrogens is 380 g/mol. The van der Waals surface area contributed by atoms with E-state index in [0.717, 1.165) is 30.6 Å². The highest BCUT2D eigenvalue weighted by atomic mass is 32.2. The quantitative estimate of drug-likeness (QED) is 0.496. The lowest BCUT2D eigenvalue weighted by Gasteiger charge is -2.11. The van der Waals surface area contributed by atoms with Crippen LogP contribution in [0.25, 0.3) is 0 Å². The topological polar surface area (TPSA) is 75.3 Å². The minimum Gasteiger partial charge on any atom is -0.352 e. The largest absolute Gasteiger partial charge is 0.352 e. The van der Waals surface area contributed by atoms with Crippen LogP contribution in [0.5, 0.6) is 0 Å². The second-order valence-corrected chi connectivity index (χ2v) is 9.53. The molecule has 2 aromatic rings. The zero-order chi connectivity index (χ0) is 19.3. The Labute approximate surface area is 165 Å². The predicted molar refractivity (Wildman–Crippen MR) is 109 cm³/mol. The van der Waals surface area contributed by atoms with Gasteiger partial charge in [-0.05, 0) is 61.8 Å². The van der Waals surface area contributed by atoms with E-state index in [1.165, 1.54) is 11.0 Å². The number of carbonyl (C=O) groups is 1. The normalized spacial score (nSPS) is 14.1. The molecule has 0 unspecified atom stereocenters. The van der Waals surface area contributed by atoms with Gasteiger partial charge in [-0.3, -0.25) is 4.79 Å². The number of aryl methyl sites for hydroxylation is 1. The van der Waals surface area contributed by atoms with Crippen molar-refractivity contribution in [1.29, 1.82) is 0 Å². The van der Waals surface area contributed by atoms with E-state index in [9.17, 15) is 13.2 Å². The summed E-state index contributed by atoms with van der Waals surface area (Å²) >= 11 is 1.75. The number of rotatable bonds is 9. The molecule has 0 atom stereocenters. The van der Waals surface area contributed by atoms with Gasteiger partial charge in [-0.1, -0.05) is 24.3 Å². The van der Waals surface area contributed by atoms with Crippen LogP contribution in [0.4, 0.5) is 0 Å². The third-order valence-electron chi connectivity index (χ3n) is 4.28. The molecule has 1 fully saturated rings. The van der Waals surface area contributed by atoms with Gasteiger partial charge in [-0.25, -0.2) is 13.1 Å². The smallest absolute Gasteiger partial charge is 0.251 e. The van der Waals surface area contributed by atoms with E-state index in [2.05, 4.69) is 22.2 Å². The average Bonchev–Trinajstić information content (AvgIpc) is 3.45. The molecule has 0 heterocycles. The molecule has 3 rings (SSSR count). The average molecular weight is 405 g/mol. The standard InChI is InChI=1S/C20H24N2O3S2/c1-15-8-11-18(27(24,25)22-16-9-10-16)14-19(15)20(23)21-12-5-13-26-17-6-3-2-4-7-17/h2-4,6-8,11,14,16,22H,5,9-10,12-13H2,1H3,(H,21,23). The Hall–Kier alpha value is -1.83. The van der Waals surface area contributed by atoms with Crippen molar-refractivity contribution < 1.29 is 13.2 Å². The summed E-state index contributed by atoms with van der Waals surface area (Å²) in [4.78, 5) is 13.8. The molecule has 144 valence electrons. The first kappa shape index (κ1) is 19.9. The summed E-state index contributed by atoms with van der Waals surface area (Å²) in [5.74, 6) is 0.670. The van der Waals surface area contributed by atoms with Crippen molar-refractivity contribution in [2.75, 3.05) is 12.3 Å². The Morgan fingerprint density at radius 3 is 2.59 bits per heavy atom. The lowest BCUT2D eigenvalue weighted by atomic mass is 10.1. The summed E-state index contributed by atoms with van der Waals surface area (Å²) in [6, 6.07) is 14.9. The van der Waals surface area contributed by atoms with Crippen molar-refractivity contribution >= 4 is 27.7 Å². The highest BCUT2D eigenvalue weighted by Crippen LogP contribution is 2.23. The summed E-state index contributed by atoms with van der Waals surface area (Å²) in [7, 11) is -3.56. The van der Waals surface area contributed by atoms with Crippen LogP contribution in [0.3, 0.4) is 0 Å². The summed E-state index contributed by atoms with van der Waals surface area (Å²) in [5, 5.41) is 2.89. The fourth-order valence-electron chi connectivity index (χ4n) is 2.58. The molecule has 1 amide bonds. The second kappa shape index (κ2) is 8.91. The molecule has 0 saturated heterocycles. The Morgan fingerprint density at radius 1 is 1.15 bits per heavy atom. The summed E-state index contributed by atoms with van der Waals surface area (Å²) in [6.07, 6.45) is 2.59. The first-order valence-electron chi connectivity index (χ1n) is 9.05. The van der Waals surface area contributed by atoms with Crippen molar-refractivity contribution in [3.05, 3.63) is 59.7 Å². The molecule has 0 bridgehead atoms. The highest BCUT2D eigenvalue weighted by Gasteiger charge is 2.28. The molecule has 7 heteroatoms. The van der Waals surface area contributed by atoms with E-state index in [4.69, 9.17) is 0 Å². The third-order valence-corrected chi connectivity index (χ3v) is 6.90. The highest BCUT2D eigenvalue weighted by molar-refractivity contribution is 7.99. The molecule has 1 aliphatic carbocycles. The Morgan fingerprint density at radius 2 is 1.89 bits per heavy atom. The van der Waals surface area contributed by atoms with E-state index < -0.39 is 10.0 Å². The molecule has 2 aromatic carbocycles. The van der Waals surface area contributed by atoms with Crippen LogP contribution < -0.4 is 10.0 Å². The fraction of sp³-hybridized carbons (Fsp3) is 0.350. The van der Waals surface area contributed by atoms with Crippen LogP contribution in [0.2, 0.25) is 0 Å². The predicted octanol–water partition coefficient (Wildman–Crippen LogP) is 3.35. The van der Waals surface area contributed by atoms with Crippen molar-refractivity contribution in [2.24, 2.45) is 0 Å². The van der Waals surface area contributed by atoms with Gasteiger partial charge in [0.05, 0.1) is 4.90 Å².